The lowest BCUT2D eigenvalue weighted by molar-refractivity contribution is -0.131. The van der Waals surface area contributed by atoms with Crippen molar-refractivity contribution in [1.29, 1.82) is 0 Å². The summed E-state index contributed by atoms with van der Waals surface area (Å²) >= 11 is 0. The van der Waals surface area contributed by atoms with Crippen molar-refractivity contribution in [3.63, 3.8) is 0 Å². The highest BCUT2D eigenvalue weighted by Crippen LogP contribution is 2.30. The van der Waals surface area contributed by atoms with Crippen molar-refractivity contribution >= 4 is 0 Å². The molecule has 1 aromatic heterocycles. The molecule has 1 saturated heterocycles. The first-order valence-corrected chi connectivity index (χ1v) is 5.07. The van der Waals surface area contributed by atoms with Crippen LogP contribution in [0.2, 0.25) is 0 Å². The first kappa shape index (κ1) is 12.9. The summed E-state index contributed by atoms with van der Waals surface area (Å²) in [6.07, 6.45) is -7.81. The molecule has 1 aliphatic rings. The van der Waals surface area contributed by atoms with Gasteiger partial charge < -0.3 is 20.1 Å². The van der Waals surface area contributed by atoms with Gasteiger partial charge in [0.2, 0.25) is 6.36 Å². The molecule has 0 aliphatic carbocycles. The number of rotatable bonds is 2. The molecule has 0 bridgehead atoms. The fraction of sp³-hybridized carbons (Fsp3) is 0.556. The Morgan fingerprint density at radius 1 is 1.39 bits per heavy atom. The second kappa shape index (κ2) is 4.61. The van der Waals surface area contributed by atoms with E-state index in [1.807, 2.05) is 4.98 Å². The highest BCUT2D eigenvalue weighted by atomic mass is 19.1. The number of aromatic nitrogens is 2. The van der Waals surface area contributed by atoms with Crippen LogP contribution in [0.1, 0.15) is 6.23 Å². The molecule has 2 heterocycles. The zero-order valence-electron chi connectivity index (χ0n) is 8.93. The molecule has 5 atom stereocenters. The topological polar surface area (TPSA) is 125 Å². The van der Waals surface area contributed by atoms with Crippen molar-refractivity contribution in [2.45, 2.75) is 30.9 Å². The smallest absolute Gasteiger partial charge is 0.330 e. The van der Waals surface area contributed by atoms with Crippen LogP contribution in [0.25, 0.3) is 0 Å². The molecule has 0 amide bonds. The fourth-order valence-electron chi connectivity index (χ4n) is 1.77. The molecule has 18 heavy (non-hydrogen) atoms. The van der Waals surface area contributed by atoms with Gasteiger partial charge in [-0.1, -0.05) is 0 Å². The quantitative estimate of drug-likeness (QED) is 0.465. The van der Waals surface area contributed by atoms with Gasteiger partial charge in [-0.05, 0) is 0 Å². The van der Waals surface area contributed by atoms with Crippen molar-refractivity contribution in [2.24, 2.45) is 0 Å². The second-order valence-corrected chi connectivity index (χ2v) is 3.86. The molecular formula is C9H11FN2O6. The predicted octanol–water partition coefficient (Wildman–Crippen LogP) is -2.56. The number of hydrogen-bond acceptors (Lipinski definition) is 6. The van der Waals surface area contributed by atoms with E-state index in [2.05, 4.69) is 0 Å². The van der Waals surface area contributed by atoms with Crippen LogP contribution >= 0.6 is 0 Å². The molecular weight excluding hydrogens is 251 g/mol. The Hall–Kier alpha value is -1.55. The average Bonchev–Trinajstić information content (AvgIpc) is 2.57. The molecule has 8 nitrogen and oxygen atoms in total. The Labute approximate surface area is 98.9 Å². The highest BCUT2D eigenvalue weighted by Gasteiger charge is 2.47. The van der Waals surface area contributed by atoms with E-state index in [0.717, 1.165) is 16.8 Å². The summed E-state index contributed by atoms with van der Waals surface area (Å²) in [7, 11) is 0. The molecule has 2 rings (SSSR count). The van der Waals surface area contributed by atoms with Crippen LogP contribution < -0.4 is 11.2 Å². The number of H-pyrrole nitrogens is 1. The Balaban J connectivity index is 2.35. The number of aliphatic hydroxyl groups excluding tert-OH is 3. The summed E-state index contributed by atoms with van der Waals surface area (Å²) in [4.78, 5) is 24.2. The minimum absolute atomic E-state index is 0.647. The molecule has 1 aromatic rings. The number of nitrogens with one attached hydrogen (secondary N) is 1. The SMILES string of the molecule is O=c1ccn(C2O[C@H](C(O)F)[C@@H](O)[C@@H]2O)c(=O)[nH]1. The molecule has 0 aromatic carbocycles. The van der Waals surface area contributed by atoms with Crippen molar-refractivity contribution in [1.82, 2.24) is 9.55 Å². The van der Waals surface area contributed by atoms with Gasteiger partial charge in [0.15, 0.2) is 6.23 Å². The van der Waals surface area contributed by atoms with Gasteiger partial charge in [-0.25, -0.2) is 9.18 Å². The van der Waals surface area contributed by atoms with E-state index in [9.17, 15) is 24.2 Å². The van der Waals surface area contributed by atoms with Crippen LogP contribution in [-0.2, 0) is 4.74 Å². The van der Waals surface area contributed by atoms with E-state index in [1.165, 1.54) is 0 Å². The third-order valence-electron chi connectivity index (χ3n) is 2.67. The summed E-state index contributed by atoms with van der Waals surface area (Å²) in [6.45, 7) is 0. The minimum atomic E-state index is -2.50. The summed E-state index contributed by atoms with van der Waals surface area (Å²) < 4.78 is 18.4. The average molecular weight is 262 g/mol. The molecule has 1 aliphatic heterocycles. The van der Waals surface area contributed by atoms with Gasteiger partial charge in [-0.3, -0.25) is 14.3 Å². The van der Waals surface area contributed by atoms with Gasteiger partial charge in [-0.15, -0.1) is 0 Å². The Kier molecular flexibility index (Phi) is 3.30. The van der Waals surface area contributed by atoms with Gasteiger partial charge in [0.05, 0.1) is 0 Å². The molecule has 2 unspecified atom stereocenters. The zero-order chi connectivity index (χ0) is 13.4. The summed E-state index contributed by atoms with van der Waals surface area (Å²) in [5.41, 5.74) is -1.53. The van der Waals surface area contributed by atoms with Gasteiger partial charge in [-0.2, -0.15) is 0 Å². The van der Waals surface area contributed by atoms with Crippen LogP contribution in [0.15, 0.2) is 21.9 Å². The van der Waals surface area contributed by atoms with Crippen molar-refractivity contribution < 1.29 is 24.4 Å². The van der Waals surface area contributed by atoms with Crippen molar-refractivity contribution in [3.05, 3.63) is 33.1 Å². The van der Waals surface area contributed by atoms with E-state index >= 15 is 0 Å². The molecule has 0 radical (unpaired) electrons. The lowest BCUT2D eigenvalue weighted by Crippen LogP contribution is -2.38. The third-order valence-corrected chi connectivity index (χ3v) is 2.67. The van der Waals surface area contributed by atoms with Crippen LogP contribution in [0.3, 0.4) is 0 Å². The number of nitrogens with zero attached hydrogens (tertiary/aromatic N) is 1. The Morgan fingerprint density at radius 2 is 2.06 bits per heavy atom. The number of ether oxygens (including phenoxy) is 1. The normalized spacial score (nSPS) is 33.6. The minimum Gasteiger partial charge on any atom is -0.387 e. The van der Waals surface area contributed by atoms with Gasteiger partial charge >= 0.3 is 5.69 Å². The maximum absolute atomic E-state index is 12.7. The zero-order valence-corrected chi connectivity index (χ0v) is 8.93. The molecule has 1 fully saturated rings. The molecule has 100 valence electrons. The lowest BCUT2D eigenvalue weighted by Gasteiger charge is -2.16. The molecule has 0 spiro atoms. The number of hydrogen-bond donors (Lipinski definition) is 4. The summed E-state index contributed by atoms with van der Waals surface area (Å²) in [6, 6.07) is 1.00. The monoisotopic (exact) mass is 262 g/mol. The van der Waals surface area contributed by atoms with Crippen LogP contribution in [-0.4, -0.2) is 49.5 Å². The van der Waals surface area contributed by atoms with Crippen LogP contribution in [0.5, 0.6) is 0 Å². The van der Waals surface area contributed by atoms with E-state index in [0.29, 0.717) is 0 Å². The van der Waals surface area contributed by atoms with Crippen molar-refractivity contribution in [3.8, 4) is 0 Å². The first-order chi connectivity index (χ1) is 8.41. The maximum atomic E-state index is 12.7. The fourth-order valence-corrected chi connectivity index (χ4v) is 1.77. The Morgan fingerprint density at radius 3 is 2.56 bits per heavy atom. The molecule has 9 heteroatoms. The van der Waals surface area contributed by atoms with Gasteiger partial charge in [0.1, 0.15) is 18.3 Å². The van der Waals surface area contributed by atoms with E-state index in [4.69, 9.17) is 9.84 Å². The van der Waals surface area contributed by atoms with Crippen LogP contribution in [0.4, 0.5) is 4.39 Å². The van der Waals surface area contributed by atoms with Gasteiger partial charge in [0, 0.05) is 12.3 Å². The highest BCUT2D eigenvalue weighted by molar-refractivity contribution is 4.93. The Bertz CT molecular complexity index is 540. The summed E-state index contributed by atoms with van der Waals surface area (Å²) in [5, 5.41) is 27.8. The largest absolute Gasteiger partial charge is 0.387 e. The number of aromatic amines is 1. The number of aliphatic hydroxyl groups is 3. The molecule has 0 saturated carbocycles. The van der Waals surface area contributed by atoms with Crippen LogP contribution in [0, 0.1) is 0 Å². The molecule has 4 N–H and O–H groups in total. The van der Waals surface area contributed by atoms with E-state index in [1.54, 1.807) is 0 Å². The van der Waals surface area contributed by atoms with E-state index < -0.39 is 42.1 Å². The van der Waals surface area contributed by atoms with Gasteiger partial charge in [0.25, 0.3) is 5.56 Å². The standard InChI is InChI=1S/C9H11FN2O6/c10-7(16)6-4(14)5(15)8(18-6)12-2-1-3(13)11-9(12)17/h1-2,4-8,14-16H,(H,11,13,17)/t4-,5-,6-,7?,8?/m0/s1. The maximum Gasteiger partial charge on any atom is 0.330 e. The third kappa shape index (κ3) is 2.08. The first-order valence-electron chi connectivity index (χ1n) is 5.07. The summed E-state index contributed by atoms with van der Waals surface area (Å²) in [5.74, 6) is 0. The van der Waals surface area contributed by atoms with E-state index in [-0.39, 0.29) is 0 Å². The predicted molar refractivity (Wildman–Crippen MR) is 54.4 cm³/mol. The number of halogens is 1. The lowest BCUT2D eigenvalue weighted by atomic mass is 10.1. The number of alkyl halides is 1. The van der Waals surface area contributed by atoms with Crippen molar-refractivity contribution in [2.75, 3.05) is 0 Å². The second-order valence-electron chi connectivity index (χ2n) is 3.86.